The maximum absolute atomic E-state index is 13.1. The molecule has 1 amide bonds. The van der Waals surface area contributed by atoms with Crippen LogP contribution in [0.25, 0.3) is 5.76 Å². The Kier molecular flexibility index (Phi) is 8.01. The zero-order valence-electron chi connectivity index (χ0n) is 19.7. The predicted molar refractivity (Wildman–Crippen MR) is 124 cm³/mol. The van der Waals surface area contributed by atoms with Gasteiger partial charge in [-0.05, 0) is 49.2 Å². The Hall–Kier alpha value is -3.72. The van der Waals surface area contributed by atoms with E-state index in [0.29, 0.717) is 42.3 Å². The molecule has 1 heterocycles. The maximum atomic E-state index is 13.1. The summed E-state index contributed by atoms with van der Waals surface area (Å²) in [6.07, 6.45) is 0.493. The van der Waals surface area contributed by atoms with Crippen LogP contribution in [-0.2, 0) is 14.3 Å². The number of methoxy groups -OCH3 is 3. The lowest BCUT2D eigenvalue weighted by Crippen LogP contribution is -2.31. The molecule has 0 saturated carbocycles. The molecule has 34 heavy (non-hydrogen) atoms. The Balaban J connectivity index is 2.17. The third-order valence-corrected chi connectivity index (χ3v) is 5.54. The first kappa shape index (κ1) is 24.9. The van der Waals surface area contributed by atoms with E-state index >= 15 is 0 Å². The molecule has 0 spiro atoms. The molecular weight excluding hydrogens is 442 g/mol. The van der Waals surface area contributed by atoms with Crippen LogP contribution in [0.2, 0.25) is 0 Å². The lowest BCUT2D eigenvalue weighted by molar-refractivity contribution is -0.140. The minimum atomic E-state index is -0.884. The number of phenols is 1. The zero-order chi connectivity index (χ0) is 24.8. The van der Waals surface area contributed by atoms with Crippen LogP contribution in [0, 0.1) is 0 Å². The van der Waals surface area contributed by atoms with Gasteiger partial charge in [0.15, 0.2) is 23.0 Å². The first-order chi connectivity index (χ1) is 16.4. The first-order valence-electron chi connectivity index (χ1n) is 10.8. The Labute approximate surface area is 198 Å². The summed E-state index contributed by atoms with van der Waals surface area (Å²) >= 11 is 0. The number of phenolic OH excluding ortho intramolecular Hbond substituents is 1. The number of aliphatic hydroxyl groups is 1. The normalized spacial score (nSPS) is 17.2. The Morgan fingerprint density at radius 1 is 1.00 bits per heavy atom. The summed E-state index contributed by atoms with van der Waals surface area (Å²) in [5.41, 5.74) is 0.740. The highest BCUT2D eigenvalue weighted by molar-refractivity contribution is 6.46. The summed E-state index contributed by atoms with van der Waals surface area (Å²) in [7, 11) is 4.50. The van der Waals surface area contributed by atoms with E-state index in [0.717, 1.165) is 0 Å². The van der Waals surface area contributed by atoms with Gasteiger partial charge in [-0.3, -0.25) is 9.59 Å². The van der Waals surface area contributed by atoms with Crippen molar-refractivity contribution in [2.45, 2.75) is 19.4 Å². The molecule has 0 aliphatic carbocycles. The number of nitrogens with zero attached hydrogens (tertiary/aromatic N) is 1. The van der Waals surface area contributed by atoms with Crippen molar-refractivity contribution < 1.29 is 38.7 Å². The van der Waals surface area contributed by atoms with E-state index in [2.05, 4.69) is 0 Å². The van der Waals surface area contributed by atoms with Crippen LogP contribution < -0.4 is 14.2 Å². The molecule has 1 saturated heterocycles. The minimum absolute atomic E-state index is 0.0669. The molecule has 9 nitrogen and oxygen atoms in total. The molecule has 1 aliphatic heterocycles. The van der Waals surface area contributed by atoms with Crippen LogP contribution in [0.1, 0.15) is 30.5 Å². The Morgan fingerprint density at radius 2 is 1.74 bits per heavy atom. The fourth-order valence-electron chi connectivity index (χ4n) is 3.95. The minimum Gasteiger partial charge on any atom is -0.507 e. The quantitative estimate of drug-likeness (QED) is 0.235. The number of ketones is 1. The molecule has 1 atom stereocenters. The molecule has 1 aliphatic rings. The van der Waals surface area contributed by atoms with Gasteiger partial charge in [-0.1, -0.05) is 6.07 Å². The van der Waals surface area contributed by atoms with Gasteiger partial charge in [0, 0.05) is 25.8 Å². The van der Waals surface area contributed by atoms with Crippen molar-refractivity contribution in [1.82, 2.24) is 4.90 Å². The van der Waals surface area contributed by atoms with Crippen LogP contribution in [0.5, 0.6) is 23.0 Å². The molecule has 0 aromatic heterocycles. The predicted octanol–water partition coefficient (Wildman–Crippen LogP) is 3.27. The molecule has 1 unspecified atom stereocenters. The summed E-state index contributed by atoms with van der Waals surface area (Å²) in [4.78, 5) is 27.5. The first-order valence-corrected chi connectivity index (χ1v) is 10.8. The van der Waals surface area contributed by atoms with Crippen LogP contribution in [-0.4, -0.2) is 67.9 Å². The maximum Gasteiger partial charge on any atom is 0.295 e. The van der Waals surface area contributed by atoms with Gasteiger partial charge in [-0.2, -0.15) is 0 Å². The van der Waals surface area contributed by atoms with Crippen LogP contribution >= 0.6 is 0 Å². The van der Waals surface area contributed by atoms with E-state index in [1.807, 2.05) is 0 Å². The van der Waals surface area contributed by atoms with Crippen LogP contribution in [0.4, 0.5) is 0 Å². The fraction of sp³-hybridized carbons (Fsp3) is 0.360. The number of amides is 1. The van der Waals surface area contributed by atoms with Gasteiger partial charge in [0.05, 0.1) is 32.4 Å². The second-order valence-electron chi connectivity index (χ2n) is 7.57. The SMILES string of the molecule is CCOc1cc(C2/C(=C(/O)c3ccc(OC)c(OC)c3)C(=O)C(=O)N2CCCOC)ccc1O. The van der Waals surface area contributed by atoms with Crippen molar-refractivity contribution in [3.05, 3.63) is 53.1 Å². The second-order valence-corrected chi connectivity index (χ2v) is 7.57. The molecule has 0 radical (unpaired) electrons. The highest BCUT2D eigenvalue weighted by Gasteiger charge is 2.46. The molecule has 1 fully saturated rings. The summed E-state index contributed by atoms with van der Waals surface area (Å²) in [5.74, 6) is -0.911. The highest BCUT2D eigenvalue weighted by Crippen LogP contribution is 2.42. The number of carbonyl (C=O) groups is 2. The number of rotatable bonds is 10. The molecule has 182 valence electrons. The number of carbonyl (C=O) groups excluding carboxylic acids is 2. The average Bonchev–Trinajstić information content (AvgIpc) is 3.09. The van der Waals surface area contributed by atoms with E-state index in [4.69, 9.17) is 18.9 Å². The number of hydrogen-bond acceptors (Lipinski definition) is 8. The monoisotopic (exact) mass is 471 g/mol. The second kappa shape index (κ2) is 10.9. The third-order valence-electron chi connectivity index (χ3n) is 5.54. The molecule has 2 aromatic rings. The number of hydrogen-bond donors (Lipinski definition) is 2. The van der Waals surface area contributed by atoms with Crippen molar-refractivity contribution in [2.75, 3.05) is 41.1 Å². The summed E-state index contributed by atoms with van der Waals surface area (Å²) in [5, 5.41) is 21.4. The van der Waals surface area contributed by atoms with Crippen LogP contribution in [0.15, 0.2) is 42.0 Å². The Morgan fingerprint density at radius 3 is 2.38 bits per heavy atom. The van der Waals surface area contributed by atoms with E-state index < -0.39 is 17.7 Å². The molecule has 9 heteroatoms. The van der Waals surface area contributed by atoms with Gasteiger partial charge in [-0.25, -0.2) is 0 Å². The van der Waals surface area contributed by atoms with Crippen molar-refractivity contribution in [3.63, 3.8) is 0 Å². The number of aromatic hydroxyl groups is 1. The zero-order valence-corrected chi connectivity index (χ0v) is 19.7. The number of ether oxygens (including phenoxy) is 4. The van der Waals surface area contributed by atoms with E-state index in [1.165, 1.54) is 31.3 Å². The van der Waals surface area contributed by atoms with Crippen LogP contribution in [0.3, 0.4) is 0 Å². The summed E-state index contributed by atoms with van der Waals surface area (Å²) in [6, 6.07) is 8.43. The molecular formula is C25H29NO8. The lowest BCUT2D eigenvalue weighted by atomic mass is 9.94. The van der Waals surface area contributed by atoms with Gasteiger partial charge < -0.3 is 34.1 Å². The number of Topliss-reactive ketones (excluding diaryl/α,β-unsaturated/α-hetero) is 1. The molecule has 0 bridgehead atoms. The summed E-state index contributed by atoms with van der Waals surface area (Å²) in [6.45, 7) is 2.72. The van der Waals surface area contributed by atoms with Crippen molar-refractivity contribution in [3.8, 4) is 23.0 Å². The van der Waals surface area contributed by atoms with Gasteiger partial charge in [0.25, 0.3) is 11.7 Å². The largest absolute Gasteiger partial charge is 0.507 e. The molecule has 3 rings (SSSR count). The Bertz CT molecular complexity index is 1090. The molecule has 2 N–H and O–H groups in total. The highest BCUT2D eigenvalue weighted by atomic mass is 16.5. The van der Waals surface area contributed by atoms with Crippen molar-refractivity contribution >= 4 is 17.4 Å². The number of benzene rings is 2. The standard InChI is InChI=1S/C25H29NO8/c1-5-34-19-13-15(7-9-17(19)27)22-21(24(29)25(30)26(22)11-6-12-31-2)23(28)16-8-10-18(32-3)20(14-16)33-4/h7-10,13-14,22,27-28H,5-6,11-12H2,1-4H3/b23-21-. The lowest BCUT2D eigenvalue weighted by Gasteiger charge is -2.26. The van der Waals surface area contributed by atoms with Gasteiger partial charge in [0.1, 0.15) is 5.76 Å². The number of aliphatic hydroxyl groups excluding tert-OH is 1. The van der Waals surface area contributed by atoms with Gasteiger partial charge in [0.2, 0.25) is 0 Å². The summed E-state index contributed by atoms with van der Waals surface area (Å²) < 4.78 is 21.1. The van der Waals surface area contributed by atoms with Gasteiger partial charge in [-0.15, -0.1) is 0 Å². The smallest absolute Gasteiger partial charge is 0.295 e. The van der Waals surface area contributed by atoms with E-state index in [1.54, 1.807) is 38.3 Å². The molecule has 2 aromatic carbocycles. The van der Waals surface area contributed by atoms with Crippen molar-refractivity contribution in [1.29, 1.82) is 0 Å². The van der Waals surface area contributed by atoms with E-state index in [-0.39, 0.29) is 29.4 Å². The van der Waals surface area contributed by atoms with E-state index in [9.17, 15) is 19.8 Å². The third kappa shape index (κ3) is 4.79. The van der Waals surface area contributed by atoms with Crippen molar-refractivity contribution in [2.24, 2.45) is 0 Å². The van der Waals surface area contributed by atoms with Gasteiger partial charge >= 0.3 is 0 Å². The fourth-order valence-corrected chi connectivity index (χ4v) is 3.95. The number of likely N-dealkylation sites (tertiary alicyclic amines) is 1. The topological polar surface area (TPSA) is 115 Å². The average molecular weight is 472 g/mol.